The molecule has 0 bridgehead atoms. The molecule has 0 fully saturated rings. The summed E-state index contributed by atoms with van der Waals surface area (Å²) >= 11 is 0. The number of ether oxygens (including phenoxy) is 2. The maximum atomic E-state index is 12.6. The summed E-state index contributed by atoms with van der Waals surface area (Å²) in [6.45, 7) is 1.69. The van der Waals surface area contributed by atoms with Gasteiger partial charge in [-0.15, -0.1) is 0 Å². The molecule has 1 aromatic rings. The third kappa shape index (κ3) is 2.92. The Morgan fingerprint density at radius 2 is 2.22 bits per heavy atom. The van der Waals surface area contributed by atoms with Crippen LogP contribution in [-0.2, 0) is 11.3 Å². The average molecular weight is 260 g/mol. The van der Waals surface area contributed by atoms with Crippen LogP contribution in [0.25, 0.3) is 0 Å². The summed E-state index contributed by atoms with van der Waals surface area (Å²) in [6.07, 6.45) is -2.81. The number of rotatable bonds is 5. The van der Waals surface area contributed by atoms with Gasteiger partial charge in [-0.1, -0.05) is 0 Å². The van der Waals surface area contributed by atoms with Gasteiger partial charge in [0.2, 0.25) is 5.88 Å². The fraction of sp³-hybridized carbons (Fsp3) is 0.455. The van der Waals surface area contributed by atoms with E-state index in [1.807, 2.05) is 0 Å². The van der Waals surface area contributed by atoms with Crippen LogP contribution in [0.15, 0.2) is 6.07 Å². The number of methoxy groups -OCH3 is 1. The zero-order valence-electron chi connectivity index (χ0n) is 10.1. The van der Waals surface area contributed by atoms with E-state index in [4.69, 9.17) is 15.2 Å². The minimum Gasteiger partial charge on any atom is -0.481 e. The summed E-state index contributed by atoms with van der Waals surface area (Å²) in [5.74, 6) is -0.807. The van der Waals surface area contributed by atoms with Crippen LogP contribution in [0.1, 0.15) is 35.0 Å². The van der Waals surface area contributed by atoms with E-state index in [1.54, 1.807) is 6.92 Å². The number of aromatic nitrogens is 1. The number of carbonyl (C=O) groups is 1. The molecule has 0 aliphatic rings. The summed E-state index contributed by atoms with van der Waals surface area (Å²) in [5, 5.41) is 0. The zero-order chi connectivity index (χ0) is 13.7. The van der Waals surface area contributed by atoms with Gasteiger partial charge in [-0.3, -0.25) is 0 Å². The number of hydrogen-bond acceptors (Lipinski definition) is 5. The van der Waals surface area contributed by atoms with Gasteiger partial charge in [0, 0.05) is 12.1 Å². The number of alkyl halides is 2. The minimum absolute atomic E-state index is 0.0403. The van der Waals surface area contributed by atoms with Crippen molar-refractivity contribution in [1.82, 2.24) is 4.98 Å². The Kier molecular flexibility index (Phi) is 4.96. The van der Waals surface area contributed by atoms with E-state index in [1.165, 1.54) is 7.11 Å². The molecular formula is C11H14F2N2O3. The van der Waals surface area contributed by atoms with Crippen molar-refractivity contribution in [3.63, 3.8) is 0 Å². The topological polar surface area (TPSA) is 74.4 Å². The molecule has 0 amide bonds. The Hall–Kier alpha value is -1.76. The number of halogens is 2. The third-order valence-electron chi connectivity index (χ3n) is 2.22. The first-order valence-corrected chi connectivity index (χ1v) is 5.28. The highest BCUT2D eigenvalue weighted by Crippen LogP contribution is 2.26. The first-order valence-electron chi connectivity index (χ1n) is 5.28. The lowest BCUT2D eigenvalue weighted by molar-refractivity contribution is 0.0523. The van der Waals surface area contributed by atoms with E-state index >= 15 is 0 Å². The van der Waals surface area contributed by atoms with E-state index in [2.05, 4.69) is 4.98 Å². The number of nitrogens with zero attached hydrogens (tertiary/aromatic N) is 1. The largest absolute Gasteiger partial charge is 0.481 e. The van der Waals surface area contributed by atoms with E-state index in [0.717, 1.165) is 6.07 Å². The average Bonchev–Trinajstić information content (AvgIpc) is 2.37. The van der Waals surface area contributed by atoms with Gasteiger partial charge in [0.15, 0.2) is 0 Å². The van der Waals surface area contributed by atoms with Gasteiger partial charge < -0.3 is 15.2 Å². The van der Waals surface area contributed by atoms with Crippen molar-refractivity contribution >= 4 is 5.97 Å². The van der Waals surface area contributed by atoms with Crippen LogP contribution < -0.4 is 10.5 Å². The first-order chi connectivity index (χ1) is 8.54. The summed E-state index contributed by atoms with van der Waals surface area (Å²) in [7, 11) is 1.27. The predicted octanol–water partition coefficient (Wildman–Crippen LogP) is 1.66. The summed E-state index contributed by atoms with van der Waals surface area (Å²) in [5.41, 5.74) is 5.13. The Morgan fingerprint density at radius 3 is 2.67 bits per heavy atom. The van der Waals surface area contributed by atoms with Crippen LogP contribution in [-0.4, -0.2) is 24.7 Å². The molecule has 0 aromatic carbocycles. The molecule has 1 heterocycles. The molecule has 0 aliphatic heterocycles. The van der Waals surface area contributed by atoms with Crippen molar-refractivity contribution in [2.45, 2.75) is 19.9 Å². The van der Waals surface area contributed by atoms with Gasteiger partial charge in [0.25, 0.3) is 6.43 Å². The molecule has 0 unspecified atom stereocenters. The highest BCUT2D eigenvalue weighted by molar-refractivity contribution is 5.91. The van der Waals surface area contributed by atoms with Gasteiger partial charge in [-0.25, -0.2) is 18.6 Å². The van der Waals surface area contributed by atoms with Crippen LogP contribution in [0.3, 0.4) is 0 Å². The molecule has 0 saturated heterocycles. The van der Waals surface area contributed by atoms with Crippen LogP contribution in [0.4, 0.5) is 8.78 Å². The molecule has 0 atom stereocenters. The highest BCUT2D eigenvalue weighted by Gasteiger charge is 2.22. The van der Waals surface area contributed by atoms with Crippen molar-refractivity contribution < 1.29 is 23.0 Å². The molecule has 0 aliphatic carbocycles. The smallest absolute Gasteiger partial charge is 0.338 e. The lowest BCUT2D eigenvalue weighted by Crippen LogP contribution is -2.14. The lowest BCUT2D eigenvalue weighted by atomic mass is 10.1. The number of esters is 1. The van der Waals surface area contributed by atoms with Gasteiger partial charge in [-0.2, -0.15) is 0 Å². The zero-order valence-corrected chi connectivity index (χ0v) is 10.1. The van der Waals surface area contributed by atoms with E-state index in [-0.39, 0.29) is 30.2 Å². The van der Waals surface area contributed by atoms with Crippen molar-refractivity contribution in [1.29, 1.82) is 0 Å². The Bertz CT molecular complexity index is 439. The maximum absolute atomic E-state index is 12.6. The first kappa shape index (κ1) is 14.3. The molecule has 0 saturated carbocycles. The van der Waals surface area contributed by atoms with Gasteiger partial charge in [-0.05, 0) is 13.0 Å². The number of nitrogens with two attached hydrogens (primary N) is 1. The standard InChI is InChI=1S/C11H14F2N2O3/c1-3-18-11(16)6-4-8(9(12)13)15-10(17-2)7(6)5-14/h4,9H,3,5,14H2,1-2H3. The Morgan fingerprint density at radius 1 is 1.56 bits per heavy atom. The van der Waals surface area contributed by atoms with Crippen LogP contribution in [0.5, 0.6) is 5.88 Å². The van der Waals surface area contributed by atoms with Gasteiger partial charge in [0.1, 0.15) is 5.69 Å². The normalized spacial score (nSPS) is 10.6. The fourth-order valence-corrected chi connectivity index (χ4v) is 1.44. The quantitative estimate of drug-likeness (QED) is 0.815. The number of pyridine rings is 1. The second-order valence-corrected chi connectivity index (χ2v) is 3.31. The molecule has 0 spiro atoms. The van der Waals surface area contributed by atoms with E-state index in [0.29, 0.717) is 0 Å². The van der Waals surface area contributed by atoms with Crippen molar-refractivity contribution in [3.05, 3.63) is 22.9 Å². The second kappa shape index (κ2) is 6.25. The molecule has 18 heavy (non-hydrogen) atoms. The molecule has 2 N–H and O–H groups in total. The van der Waals surface area contributed by atoms with Gasteiger partial charge >= 0.3 is 5.97 Å². The molecular weight excluding hydrogens is 246 g/mol. The van der Waals surface area contributed by atoms with Crippen LogP contribution in [0.2, 0.25) is 0 Å². The Labute approximate surface area is 103 Å². The lowest BCUT2D eigenvalue weighted by Gasteiger charge is -2.12. The molecule has 1 rings (SSSR count). The van der Waals surface area contributed by atoms with Gasteiger partial charge in [0.05, 0.1) is 19.3 Å². The van der Waals surface area contributed by atoms with Crippen molar-refractivity contribution in [3.8, 4) is 5.88 Å². The van der Waals surface area contributed by atoms with Crippen LogP contribution >= 0.6 is 0 Å². The Balaban J connectivity index is 3.35. The van der Waals surface area contributed by atoms with E-state index in [9.17, 15) is 13.6 Å². The molecule has 5 nitrogen and oxygen atoms in total. The minimum atomic E-state index is -2.81. The third-order valence-corrected chi connectivity index (χ3v) is 2.22. The van der Waals surface area contributed by atoms with Crippen LogP contribution in [0, 0.1) is 0 Å². The summed E-state index contributed by atoms with van der Waals surface area (Å²) < 4.78 is 34.9. The fourth-order valence-electron chi connectivity index (χ4n) is 1.44. The number of hydrogen-bond donors (Lipinski definition) is 1. The second-order valence-electron chi connectivity index (χ2n) is 3.31. The predicted molar refractivity (Wildman–Crippen MR) is 59.6 cm³/mol. The number of carbonyl (C=O) groups excluding carboxylic acids is 1. The molecule has 1 aromatic heterocycles. The summed E-state index contributed by atoms with van der Waals surface area (Å²) in [6, 6.07) is 0.980. The van der Waals surface area contributed by atoms with Crippen molar-refractivity contribution in [2.75, 3.05) is 13.7 Å². The molecule has 100 valence electrons. The van der Waals surface area contributed by atoms with E-state index < -0.39 is 18.1 Å². The monoisotopic (exact) mass is 260 g/mol. The highest BCUT2D eigenvalue weighted by atomic mass is 19.3. The molecule has 0 radical (unpaired) electrons. The summed E-state index contributed by atoms with van der Waals surface area (Å²) in [4.78, 5) is 15.3. The molecule has 7 heteroatoms. The van der Waals surface area contributed by atoms with Crippen molar-refractivity contribution in [2.24, 2.45) is 5.73 Å². The maximum Gasteiger partial charge on any atom is 0.338 e. The SMILES string of the molecule is CCOC(=O)c1cc(C(F)F)nc(OC)c1CN.